The molecule has 17 heavy (non-hydrogen) atoms. The van der Waals surface area contributed by atoms with Crippen LogP contribution >= 0.6 is 0 Å². The van der Waals surface area contributed by atoms with Crippen LogP contribution in [0.5, 0.6) is 0 Å². The molecule has 0 spiro atoms. The zero-order valence-corrected chi connectivity index (χ0v) is 10.2. The zero-order chi connectivity index (χ0) is 12.1. The first-order chi connectivity index (χ1) is 8.27. The zero-order valence-electron chi connectivity index (χ0n) is 10.2. The van der Waals surface area contributed by atoms with Gasteiger partial charge >= 0.3 is 0 Å². The van der Waals surface area contributed by atoms with E-state index < -0.39 is 0 Å². The number of nitrogens with zero attached hydrogens (tertiary/aromatic N) is 1. The standard InChI is InChI=1S/C14H19N3/c1-11(15)5-4-9-16-14-8-10-17-13-7-3-2-6-12(13)14/h2-3,6-8,10-11H,4-5,9,15H2,1H3,(H,16,17). The Balaban J connectivity index is 2.03. The minimum Gasteiger partial charge on any atom is -0.384 e. The van der Waals surface area contributed by atoms with E-state index in [0.29, 0.717) is 0 Å². The summed E-state index contributed by atoms with van der Waals surface area (Å²) in [7, 11) is 0. The van der Waals surface area contributed by atoms with Crippen molar-refractivity contribution in [1.82, 2.24) is 4.98 Å². The van der Waals surface area contributed by atoms with E-state index in [-0.39, 0.29) is 6.04 Å². The van der Waals surface area contributed by atoms with E-state index in [2.05, 4.69) is 16.4 Å². The molecule has 0 saturated heterocycles. The van der Waals surface area contributed by atoms with Crippen LogP contribution in [-0.4, -0.2) is 17.6 Å². The number of hydrogen-bond donors (Lipinski definition) is 2. The first kappa shape index (κ1) is 11.9. The van der Waals surface area contributed by atoms with Crippen molar-refractivity contribution in [1.29, 1.82) is 0 Å². The summed E-state index contributed by atoms with van der Waals surface area (Å²) in [6.07, 6.45) is 3.99. The summed E-state index contributed by atoms with van der Waals surface area (Å²) < 4.78 is 0. The fourth-order valence-corrected chi connectivity index (χ4v) is 1.90. The van der Waals surface area contributed by atoms with Crippen molar-refractivity contribution in [2.75, 3.05) is 11.9 Å². The normalized spacial score (nSPS) is 12.6. The highest BCUT2D eigenvalue weighted by Crippen LogP contribution is 2.20. The fourth-order valence-electron chi connectivity index (χ4n) is 1.90. The third-order valence-corrected chi connectivity index (χ3v) is 2.80. The lowest BCUT2D eigenvalue weighted by molar-refractivity contribution is 0.639. The molecule has 1 heterocycles. The number of nitrogens with two attached hydrogens (primary N) is 1. The van der Waals surface area contributed by atoms with Gasteiger partial charge in [0.1, 0.15) is 0 Å². The highest BCUT2D eigenvalue weighted by atomic mass is 14.9. The van der Waals surface area contributed by atoms with Crippen LogP contribution < -0.4 is 11.1 Å². The third kappa shape index (κ3) is 3.17. The summed E-state index contributed by atoms with van der Waals surface area (Å²) in [5.41, 5.74) is 7.91. The first-order valence-corrected chi connectivity index (χ1v) is 6.10. The smallest absolute Gasteiger partial charge is 0.0722 e. The number of rotatable bonds is 5. The number of hydrogen-bond acceptors (Lipinski definition) is 3. The van der Waals surface area contributed by atoms with Crippen molar-refractivity contribution in [3.8, 4) is 0 Å². The Kier molecular flexibility index (Phi) is 3.94. The number of fused-ring (bicyclic) bond motifs is 1. The van der Waals surface area contributed by atoms with Gasteiger partial charge in [0.15, 0.2) is 0 Å². The number of anilines is 1. The lowest BCUT2D eigenvalue weighted by Gasteiger charge is -2.10. The van der Waals surface area contributed by atoms with Gasteiger partial charge in [-0.25, -0.2) is 0 Å². The van der Waals surface area contributed by atoms with E-state index in [0.717, 1.165) is 30.6 Å². The number of pyridine rings is 1. The maximum Gasteiger partial charge on any atom is 0.0722 e. The molecule has 1 aromatic heterocycles. The van der Waals surface area contributed by atoms with Crippen LogP contribution in [0, 0.1) is 0 Å². The highest BCUT2D eigenvalue weighted by molar-refractivity contribution is 5.90. The predicted octanol–water partition coefficient (Wildman–Crippen LogP) is 2.77. The quantitative estimate of drug-likeness (QED) is 0.775. The molecule has 0 amide bonds. The van der Waals surface area contributed by atoms with Crippen molar-refractivity contribution in [2.24, 2.45) is 5.73 Å². The van der Waals surface area contributed by atoms with Crippen molar-refractivity contribution >= 4 is 16.6 Å². The Morgan fingerprint density at radius 1 is 1.29 bits per heavy atom. The van der Waals surface area contributed by atoms with Gasteiger partial charge in [0.2, 0.25) is 0 Å². The Labute approximate surface area is 102 Å². The van der Waals surface area contributed by atoms with Gasteiger partial charge in [-0.05, 0) is 31.9 Å². The molecule has 90 valence electrons. The molecule has 0 aliphatic rings. The van der Waals surface area contributed by atoms with Crippen LogP contribution in [0.4, 0.5) is 5.69 Å². The van der Waals surface area contributed by atoms with Gasteiger partial charge in [-0.15, -0.1) is 0 Å². The van der Waals surface area contributed by atoms with Crippen molar-refractivity contribution in [3.63, 3.8) is 0 Å². The molecule has 1 atom stereocenters. The summed E-state index contributed by atoms with van der Waals surface area (Å²) in [5.74, 6) is 0. The highest BCUT2D eigenvalue weighted by Gasteiger charge is 2.00. The second-order valence-electron chi connectivity index (χ2n) is 4.42. The molecule has 1 unspecified atom stereocenters. The maximum absolute atomic E-state index is 5.72. The maximum atomic E-state index is 5.72. The Morgan fingerprint density at radius 3 is 2.94 bits per heavy atom. The van der Waals surface area contributed by atoms with E-state index >= 15 is 0 Å². The van der Waals surface area contributed by atoms with Gasteiger partial charge < -0.3 is 11.1 Å². The van der Waals surface area contributed by atoms with Crippen LogP contribution in [0.25, 0.3) is 10.9 Å². The summed E-state index contributed by atoms with van der Waals surface area (Å²) >= 11 is 0. The average Bonchev–Trinajstić information content (AvgIpc) is 2.34. The second kappa shape index (κ2) is 5.64. The molecular weight excluding hydrogens is 210 g/mol. The third-order valence-electron chi connectivity index (χ3n) is 2.80. The van der Waals surface area contributed by atoms with E-state index in [1.807, 2.05) is 37.4 Å². The molecule has 2 aromatic rings. The van der Waals surface area contributed by atoms with Crippen LogP contribution in [0.1, 0.15) is 19.8 Å². The molecule has 0 fully saturated rings. The van der Waals surface area contributed by atoms with Gasteiger partial charge in [-0.3, -0.25) is 4.98 Å². The molecule has 0 saturated carbocycles. The summed E-state index contributed by atoms with van der Waals surface area (Å²) in [4.78, 5) is 4.34. The van der Waals surface area contributed by atoms with Gasteiger partial charge in [0, 0.05) is 29.9 Å². The molecule has 0 aliphatic heterocycles. The van der Waals surface area contributed by atoms with Gasteiger partial charge in [-0.1, -0.05) is 18.2 Å². The minimum atomic E-state index is 0.283. The number of nitrogens with one attached hydrogen (secondary N) is 1. The molecule has 1 aromatic carbocycles. The second-order valence-corrected chi connectivity index (χ2v) is 4.42. The minimum absolute atomic E-state index is 0.283. The largest absolute Gasteiger partial charge is 0.384 e. The summed E-state index contributed by atoms with van der Waals surface area (Å²) in [6.45, 7) is 3.00. The van der Waals surface area contributed by atoms with Crippen LogP contribution in [0.15, 0.2) is 36.5 Å². The summed E-state index contributed by atoms with van der Waals surface area (Å²) in [5, 5.41) is 4.62. The first-order valence-electron chi connectivity index (χ1n) is 6.10. The molecule has 0 aliphatic carbocycles. The Morgan fingerprint density at radius 2 is 2.12 bits per heavy atom. The average molecular weight is 229 g/mol. The topological polar surface area (TPSA) is 50.9 Å². The molecular formula is C14H19N3. The van der Waals surface area contributed by atoms with Crippen LogP contribution in [0.2, 0.25) is 0 Å². The lowest BCUT2D eigenvalue weighted by atomic mass is 10.1. The van der Waals surface area contributed by atoms with Crippen molar-refractivity contribution in [2.45, 2.75) is 25.8 Å². The molecule has 3 nitrogen and oxygen atoms in total. The van der Waals surface area contributed by atoms with E-state index in [1.165, 1.54) is 5.39 Å². The Bertz CT molecular complexity index is 474. The number of benzene rings is 1. The predicted molar refractivity (Wildman–Crippen MR) is 73.1 cm³/mol. The molecule has 0 radical (unpaired) electrons. The molecule has 2 rings (SSSR count). The fraction of sp³-hybridized carbons (Fsp3) is 0.357. The van der Waals surface area contributed by atoms with E-state index in [4.69, 9.17) is 5.73 Å². The van der Waals surface area contributed by atoms with Gasteiger partial charge in [-0.2, -0.15) is 0 Å². The molecule has 3 N–H and O–H groups in total. The number of aromatic nitrogens is 1. The number of para-hydroxylation sites is 1. The van der Waals surface area contributed by atoms with E-state index in [9.17, 15) is 0 Å². The lowest BCUT2D eigenvalue weighted by Crippen LogP contribution is -2.16. The van der Waals surface area contributed by atoms with Crippen LogP contribution in [-0.2, 0) is 0 Å². The Hall–Kier alpha value is -1.61. The van der Waals surface area contributed by atoms with Gasteiger partial charge in [0.25, 0.3) is 0 Å². The molecule has 0 bridgehead atoms. The monoisotopic (exact) mass is 229 g/mol. The SMILES string of the molecule is CC(N)CCCNc1ccnc2ccccc12. The van der Waals surface area contributed by atoms with Crippen LogP contribution in [0.3, 0.4) is 0 Å². The van der Waals surface area contributed by atoms with Crippen molar-refractivity contribution < 1.29 is 0 Å². The van der Waals surface area contributed by atoms with E-state index in [1.54, 1.807) is 0 Å². The van der Waals surface area contributed by atoms with Gasteiger partial charge in [0.05, 0.1) is 5.52 Å². The summed E-state index contributed by atoms with van der Waals surface area (Å²) in [6, 6.07) is 10.5. The molecule has 3 heteroatoms. The van der Waals surface area contributed by atoms with Crippen molar-refractivity contribution in [3.05, 3.63) is 36.5 Å².